The van der Waals surface area contributed by atoms with Crippen LogP contribution in [0.3, 0.4) is 0 Å². The number of nitrogens with two attached hydrogens (primary N) is 1. The first-order chi connectivity index (χ1) is 13.2. The number of aromatic amines is 1. The molecule has 0 radical (unpaired) electrons. The van der Waals surface area contributed by atoms with Crippen LogP contribution in [-0.4, -0.2) is 27.0 Å². The molecule has 148 valence electrons. The zero-order valence-electron chi connectivity index (χ0n) is 16.2. The highest BCUT2D eigenvalue weighted by Crippen LogP contribution is 2.26. The van der Waals surface area contributed by atoms with Gasteiger partial charge in [-0.15, -0.1) is 11.3 Å². The van der Waals surface area contributed by atoms with Crippen LogP contribution in [0.4, 0.5) is 0 Å². The van der Waals surface area contributed by atoms with Crippen LogP contribution in [0, 0.1) is 19.8 Å². The Balaban J connectivity index is 2.00. The van der Waals surface area contributed by atoms with Gasteiger partial charge in [0, 0.05) is 18.0 Å². The number of ether oxygens (including phenoxy) is 1. The summed E-state index contributed by atoms with van der Waals surface area (Å²) >= 11 is 1.11. The minimum atomic E-state index is -0.578. The third kappa shape index (κ3) is 3.70. The number of aromatic nitrogens is 3. The number of H-pyrrole nitrogens is 1. The standard InChI is InChI=1S/C19H22N4O4S/c1-9(2)8-27-14-6-21-12(5-13(14)24)7-23-11(4)22-18-15(19(23)26)10(3)16(28-18)17(20)25/h5-6,9H,7-8H2,1-4H3,(H2,20,25)(H,21,24). The minimum absolute atomic E-state index is 0.147. The molecular formula is C19H22N4O4S. The van der Waals surface area contributed by atoms with E-state index in [1.807, 2.05) is 13.8 Å². The number of rotatable bonds is 6. The summed E-state index contributed by atoms with van der Waals surface area (Å²) in [5, 5.41) is 0.378. The van der Waals surface area contributed by atoms with Gasteiger partial charge in [0.25, 0.3) is 11.5 Å². The Morgan fingerprint density at radius 2 is 2.07 bits per heavy atom. The van der Waals surface area contributed by atoms with Crippen LogP contribution < -0.4 is 21.5 Å². The van der Waals surface area contributed by atoms with E-state index in [9.17, 15) is 14.4 Å². The molecule has 0 unspecified atom stereocenters. The number of aryl methyl sites for hydroxylation is 2. The molecule has 0 fully saturated rings. The van der Waals surface area contributed by atoms with Crippen LogP contribution in [0.2, 0.25) is 0 Å². The molecule has 0 saturated carbocycles. The van der Waals surface area contributed by atoms with Gasteiger partial charge in [0.05, 0.1) is 23.4 Å². The van der Waals surface area contributed by atoms with Gasteiger partial charge in [-0.2, -0.15) is 0 Å². The molecule has 3 heterocycles. The van der Waals surface area contributed by atoms with Crippen molar-refractivity contribution in [1.29, 1.82) is 0 Å². The van der Waals surface area contributed by atoms with Crippen LogP contribution in [0.1, 0.15) is 40.6 Å². The average Bonchev–Trinajstić information content (AvgIpc) is 2.94. The average molecular weight is 402 g/mol. The van der Waals surface area contributed by atoms with Gasteiger partial charge in [-0.1, -0.05) is 13.8 Å². The number of hydrogen-bond donors (Lipinski definition) is 2. The molecule has 0 aliphatic rings. The number of thiophene rings is 1. The fourth-order valence-electron chi connectivity index (χ4n) is 2.87. The normalized spacial score (nSPS) is 11.3. The van der Waals surface area contributed by atoms with E-state index in [1.165, 1.54) is 16.8 Å². The number of fused-ring (bicyclic) bond motifs is 1. The third-order valence-electron chi connectivity index (χ3n) is 4.30. The predicted octanol–water partition coefficient (Wildman–Crippen LogP) is 1.95. The molecule has 0 aliphatic carbocycles. The van der Waals surface area contributed by atoms with Crippen molar-refractivity contribution >= 4 is 27.5 Å². The van der Waals surface area contributed by atoms with Crippen molar-refractivity contribution in [3.05, 3.63) is 54.8 Å². The molecule has 1 amide bonds. The van der Waals surface area contributed by atoms with E-state index in [1.54, 1.807) is 13.8 Å². The Morgan fingerprint density at radius 3 is 2.68 bits per heavy atom. The molecule has 28 heavy (non-hydrogen) atoms. The quantitative estimate of drug-likeness (QED) is 0.653. The van der Waals surface area contributed by atoms with Crippen LogP contribution >= 0.6 is 11.3 Å². The maximum Gasteiger partial charge on any atom is 0.262 e. The summed E-state index contributed by atoms with van der Waals surface area (Å²) in [5.41, 5.74) is 5.94. The van der Waals surface area contributed by atoms with Gasteiger partial charge in [-0.05, 0) is 25.3 Å². The summed E-state index contributed by atoms with van der Waals surface area (Å²) in [5.74, 6) is 0.452. The summed E-state index contributed by atoms with van der Waals surface area (Å²) in [6, 6.07) is 1.42. The molecule has 0 saturated heterocycles. The third-order valence-corrected chi connectivity index (χ3v) is 5.50. The van der Waals surface area contributed by atoms with E-state index in [0.717, 1.165) is 11.3 Å². The second-order valence-corrected chi connectivity index (χ2v) is 8.04. The van der Waals surface area contributed by atoms with Gasteiger partial charge >= 0.3 is 0 Å². The highest BCUT2D eigenvalue weighted by molar-refractivity contribution is 7.20. The van der Waals surface area contributed by atoms with Crippen molar-refractivity contribution in [2.24, 2.45) is 11.7 Å². The van der Waals surface area contributed by atoms with Gasteiger partial charge in [-0.3, -0.25) is 19.0 Å². The predicted molar refractivity (Wildman–Crippen MR) is 108 cm³/mol. The number of nitrogens with zero attached hydrogens (tertiary/aromatic N) is 2. The summed E-state index contributed by atoms with van der Waals surface area (Å²) in [6.45, 7) is 7.98. The van der Waals surface area contributed by atoms with Crippen LogP contribution in [0.5, 0.6) is 5.75 Å². The SMILES string of the molecule is Cc1c(C(N)=O)sc2nc(C)n(Cc3cc(=O)c(OCC(C)C)c[nH]3)c(=O)c12. The first kappa shape index (κ1) is 19.8. The first-order valence-corrected chi connectivity index (χ1v) is 9.65. The molecule has 0 aromatic carbocycles. The van der Waals surface area contributed by atoms with Crippen molar-refractivity contribution in [3.8, 4) is 5.75 Å². The zero-order chi connectivity index (χ0) is 20.6. The number of carbonyl (C=O) groups is 1. The Kier molecular flexibility index (Phi) is 5.37. The summed E-state index contributed by atoms with van der Waals surface area (Å²) in [4.78, 5) is 45.1. The fourth-order valence-corrected chi connectivity index (χ4v) is 3.94. The largest absolute Gasteiger partial charge is 0.488 e. The molecule has 3 N–H and O–H groups in total. The lowest BCUT2D eigenvalue weighted by Crippen LogP contribution is -2.25. The molecule has 3 aromatic rings. The van der Waals surface area contributed by atoms with E-state index in [2.05, 4.69) is 9.97 Å². The lowest BCUT2D eigenvalue weighted by Gasteiger charge is -2.11. The Bertz CT molecular complexity index is 1170. The van der Waals surface area contributed by atoms with Crippen LogP contribution in [0.25, 0.3) is 10.2 Å². The second-order valence-electron chi connectivity index (χ2n) is 7.04. The maximum atomic E-state index is 13.0. The molecule has 9 heteroatoms. The fraction of sp³-hybridized carbons (Fsp3) is 0.368. The Labute approximate surface area is 165 Å². The molecule has 0 aliphatic heterocycles. The van der Waals surface area contributed by atoms with E-state index < -0.39 is 5.91 Å². The van der Waals surface area contributed by atoms with E-state index in [4.69, 9.17) is 10.5 Å². The topological polar surface area (TPSA) is 120 Å². The monoisotopic (exact) mass is 402 g/mol. The second kappa shape index (κ2) is 7.59. The summed E-state index contributed by atoms with van der Waals surface area (Å²) in [6.07, 6.45) is 1.51. The van der Waals surface area contributed by atoms with Crippen LogP contribution in [-0.2, 0) is 6.54 Å². The van der Waals surface area contributed by atoms with Gasteiger partial charge < -0.3 is 15.5 Å². The molecule has 3 aromatic heterocycles. The van der Waals surface area contributed by atoms with Gasteiger partial charge in [0.2, 0.25) is 5.43 Å². The van der Waals surface area contributed by atoms with Gasteiger partial charge in [0.1, 0.15) is 10.7 Å². The number of nitrogens with one attached hydrogen (secondary N) is 1. The Hall–Kier alpha value is -2.94. The Morgan fingerprint density at radius 1 is 1.36 bits per heavy atom. The number of hydrogen-bond acceptors (Lipinski definition) is 6. The van der Waals surface area contributed by atoms with Crippen molar-refractivity contribution in [1.82, 2.24) is 14.5 Å². The molecule has 8 nitrogen and oxygen atoms in total. The van der Waals surface area contributed by atoms with Crippen molar-refractivity contribution in [2.75, 3.05) is 6.61 Å². The van der Waals surface area contributed by atoms with E-state index >= 15 is 0 Å². The molecule has 3 rings (SSSR count). The minimum Gasteiger partial charge on any atom is -0.488 e. The zero-order valence-corrected chi connectivity index (χ0v) is 17.0. The molecule has 0 atom stereocenters. The van der Waals surface area contributed by atoms with Crippen molar-refractivity contribution < 1.29 is 9.53 Å². The smallest absolute Gasteiger partial charge is 0.262 e. The number of carbonyl (C=O) groups excluding carboxylic acids is 1. The number of pyridine rings is 1. The first-order valence-electron chi connectivity index (χ1n) is 8.83. The number of primary amides is 1. The maximum absolute atomic E-state index is 13.0. The highest BCUT2D eigenvalue weighted by Gasteiger charge is 2.19. The summed E-state index contributed by atoms with van der Waals surface area (Å²) in [7, 11) is 0. The van der Waals surface area contributed by atoms with E-state index in [-0.39, 0.29) is 23.3 Å². The molecular weight excluding hydrogens is 380 g/mol. The molecule has 0 bridgehead atoms. The number of amides is 1. The van der Waals surface area contributed by atoms with Crippen LogP contribution in [0.15, 0.2) is 21.9 Å². The van der Waals surface area contributed by atoms with Gasteiger partial charge in [0.15, 0.2) is 5.75 Å². The lowest BCUT2D eigenvalue weighted by molar-refractivity contribution is 0.100. The summed E-state index contributed by atoms with van der Waals surface area (Å²) < 4.78 is 6.95. The van der Waals surface area contributed by atoms with Crippen molar-refractivity contribution in [3.63, 3.8) is 0 Å². The van der Waals surface area contributed by atoms with E-state index in [0.29, 0.717) is 44.7 Å². The lowest BCUT2D eigenvalue weighted by atomic mass is 10.2. The van der Waals surface area contributed by atoms with Gasteiger partial charge in [-0.25, -0.2) is 4.98 Å². The molecule has 0 spiro atoms. The van der Waals surface area contributed by atoms with Crippen molar-refractivity contribution in [2.45, 2.75) is 34.2 Å². The highest BCUT2D eigenvalue weighted by atomic mass is 32.1.